The molecule has 6 heteroatoms. The van der Waals surface area contributed by atoms with E-state index in [1.165, 1.54) is 6.07 Å². The van der Waals surface area contributed by atoms with Crippen molar-refractivity contribution < 1.29 is 13.6 Å². The number of nitrogens with zero attached hydrogens (tertiary/aromatic N) is 2. The van der Waals surface area contributed by atoms with Crippen molar-refractivity contribution in [3.8, 4) is 0 Å². The zero-order chi connectivity index (χ0) is 20.9. The van der Waals surface area contributed by atoms with Crippen LogP contribution in [0, 0.1) is 12.7 Å². The molecule has 2 aromatic carbocycles. The maximum absolute atomic E-state index is 14.1. The zero-order valence-corrected chi connectivity index (χ0v) is 17.1. The second-order valence-electron chi connectivity index (χ2n) is 7.59. The third kappa shape index (κ3) is 4.54. The van der Waals surface area contributed by atoms with Gasteiger partial charge in [0.15, 0.2) is 0 Å². The Labute approximate surface area is 176 Å². The van der Waals surface area contributed by atoms with Gasteiger partial charge in [-0.15, -0.1) is 0 Å². The molecule has 1 atom stereocenters. The molecule has 1 amide bonds. The van der Waals surface area contributed by atoms with Crippen molar-refractivity contribution >= 4 is 11.6 Å². The van der Waals surface area contributed by atoms with E-state index in [-0.39, 0.29) is 17.8 Å². The number of amides is 1. The van der Waals surface area contributed by atoms with E-state index < -0.39 is 0 Å². The fraction of sp³-hybridized carbons (Fsp3) is 0.292. The first-order valence-corrected chi connectivity index (χ1v) is 10.2. The van der Waals surface area contributed by atoms with Crippen LogP contribution in [0.2, 0.25) is 0 Å². The average molecular weight is 407 g/mol. The normalized spacial score (nSPS) is 15.7. The monoisotopic (exact) mass is 407 g/mol. The number of hydrogen-bond donors (Lipinski definition) is 1. The third-order valence-electron chi connectivity index (χ3n) is 5.56. The molecular formula is C24H26FN3O2. The molecule has 0 aliphatic carbocycles. The van der Waals surface area contributed by atoms with Gasteiger partial charge < -0.3 is 14.6 Å². The first-order valence-electron chi connectivity index (χ1n) is 10.2. The van der Waals surface area contributed by atoms with Gasteiger partial charge in [0.05, 0.1) is 18.0 Å². The minimum Gasteiger partial charge on any atom is -0.468 e. The van der Waals surface area contributed by atoms with Crippen LogP contribution in [0.1, 0.15) is 27.7 Å². The molecule has 3 aromatic rings. The van der Waals surface area contributed by atoms with Crippen LogP contribution in [0.15, 0.2) is 71.3 Å². The summed E-state index contributed by atoms with van der Waals surface area (Å²) in [4.78, 5) is 17.0. The Morgan fingerprint density at radius 1 is 1.07 bits per heavy atom. The molecule has 2 heterocycles. The van der Waals surface area contributed by atoms with Crippen LogP contribution in [0.4, 0.5) is 10.1 Å². The van der Waals surface area contributed by atoms with E-state index in [9.17, 15) is 9.18 Å². The van der Waals surface area contributed by atoms with E-state index in [1.54, 1.807) is 12.3 Å². The molecule has 4 rings (SSSR count). The Balaban J connectivity index is 1.42. The van der Waals surface area contributed by atoms with Crippen LogP contribution in [0.3, 0.4) is 0 Å². The lowest BCUT2D eigenvalue weighted by atomic mass is 10.1. The second kappa shape index (κ2) is 9.13. The Kier molecular flexibility index (Phi) is 6.14. The van der Waals surface area contributed by atoms with Gasteiger partial charge in [-0.2, -0.15) is 0 Å². The number of anilines is 1. The van der Waals surface area contributed by atoms with Crippen molar-refractivity contribution in [1.82, 2.24) is 10.2 Å². The van der Waals surface area contributed by atoms with E-state index in [4.69, 9.17) is 4.42 Å². The summed E-state index contributed by atoms with van der Waals surface area (Å²) in [5.74, 6) is 0.526. The second-order valence-corrected chi connectivity index (χ2v) is 7.59. The van der Waals surface area contributed by atoms with Crippen LogP contribution in [-0.2, 0) is 0 Å². The molecule has 1 aliphatic heterocycles. The Bertz CT molecular complexity index is 982. The number of hydrogen-bond acceptors (Lipinski definition) is 4. The van der Waals surface area contributed by atoms with Crippen LogP contribution in [0.25, 0.3) is 0 Å². The van der Waals surface area contributed by atoms with Crippen LogP contribution in [-0.4, -0.2) is 43.5 Å². The number of nitrogens with one attached hydrogen (secondary N) is 1. The highest BCUT2D eigenvalue weighted by atomic mass is 19.1. The standard InChI is InChI=1S/C24H26FN3O2/c1-18-6-4-7-19(16-18)24(29)26-17-22(23-10-5-15-30-23)28-13-11-27(12-14-28)21-9-3-2-8-20(21)25/h2-10,15-16,22H,11-14,17H2,1H3,(H,26,29)/t22-/m0/s1. The lowest BCUT2D eigenvalue weighted by Crippen LogP contribution is -2.50. The predicted molar refractivity (Wildman–Crippen MR) is 115 cm³/mol. The largest absolute Gasteiger partial charge is 0.468 e. The van der Waals surface area contributed by atoms with Crippen molar-refractivity contribution in [1.29, 1.82) is 0 Å². The van der Waals surface area contributed by atoms with Gasteiger partial charge in [-0.3, -0.25) is 9.69 Å². The van der Waals surface area contributed by atoms with E-state index >= 15 is 0 Å². The summed E-state index contributed by atoms with van der Waals surface area (Å²) in [7, 11) is 0. The molecular weight excluding hydrogens is 381 g/mol. The molecule has 1 aliphatic rings. The smallest absolute Gasteiger partial charge is 0.251 e. The van der Waals surface area contributed by atoms with E-state index in [1.807, 2.05) is 55.5 Å². The van der Waals surface area contributed by atoms with Gasteiger partial charge in [-0.05, 0) is 43.3 Å². The summed E-state index contributed by atoms with van der Waals surface area (Å²) in [5, 5.41) is 3.05. The van der Waals surface area contributed by atoms with Gasteiger partial charge in [0.25, 0.3) is 5.91 Å². The average Bonchev–Trinajstić information content (AvgIpc) is 3.29. The first kappa shape index (κ1) is 20.2. The lowest BCUT2D eigenvalue weighted by molar-refractivity contribution is 0.0922. The number of benzene rings is 2. The van der Waals surface area contributed by atoms with Crippen molar-refractivity contribution in [2.75, 3.05) is 37.6 Å². The summed E-state index contributed by atoms with van der Waals surface area (Å²) in [6.07, 6.45) is 1.65. The van der Waals surface area contributed by atoms with E-state index in [2.05, 4.69) is 15.1 Å². The molecule has 0 radical (unpaired) electrons. The highest BCUT2D eigenvalue weighted by Gasteiger charge is 2.28. The van der Waals surface area contributed by atoms with Gasteiger partial charge in [0, 0.05) is 38.3 Å². The molecule has 5 nitrogen and oxygen atoms in total. The number of rotatable bonds is 6. The SMILES string of the molecule is Cc1cccc(C(=O)NC[C@@H](c2ccco2)N2CCN(c3ccccc3F)CC2)c1. The topological polar surface area (TPSA) is 48.7 Å². The zero-order valence-electron chi connectivity index (χ0n) is 17.1. The van der Waals surface area contributed by atoms with Gasteiger partial charge in [0.2, 0.25) is 0 Å². The molecule has 156 valence electrons. The Hall–Kier alpha value is -3.12. The fourth-order valence-electron chi connectivity index (χ4n) is 3.95. The molecule has 30 heavy (non-hydrogen) atoms. The molecule has 1 aromatic heterocycles. The van der Waals surface area contributed by atoms with Crippen molar-refractivity contribution in [2.24, 2.45) is 0 Å². The summed E-state index contributed by atoms with van der Waals surface area (Å²) < 4.78 is 19.8. The van der Waals surface area contributed by atoms with E-state index in [0.717, 1.165) is 24.4 Å². The first-order chi connectivity index (χ1) is 14.6. The molecule has 0 bridgehead atoms. The van der Waals surface area contributed by atoms with Crippen molar-refractivity contribution in [3.63, 3.8) is 0 Å². The van der Waals surface area contributed by atoms with Gasteiger partial charge in [-0.1, -0.05) is 29.8 Å². The summed E-state index contributed by atoms with van der Waals surface area (Å²) >= 11 is 0. The minimum atomic E-state index is -0.195. The van der Waals surface area contributed by atoms with Crippen LogP contribution in [0.5, 0.6) is 0 Å². The molecule has 1 N–H and O–H groups in total. The fourth-order valence-corrected chi connectivity index (χ4v) is 3.95. The molecule has 1 saturated heterocycles. The number of piperazine rings is 1. The summed E-state index contributed by atoms with van der Waals surface area (Å²) in [6.45, 7) is 5.34. The number of para-hydroxylation sites is 1. The van der Waals surface area contributed by atoms with Crippen molar-refractivity contribution in [3.05, 3.63) is 89.6 Å². The predicted octanol–water partition coefficient (Wildman–Crippen LogP) is 4.02. The highest BCUT2D eigenvalue weighted by molar-refractivity contribution is 5.94. The van der Waals surface area contributed by atoms with E-state index in [0.29, 0.717) is 30.9 Å². The maximum atomic E-state index is 14.1. The number of aryl methyl sites for hydroxylation is 1. The minimum absolute atomic E-state index is 0.0727. The molecule has 0 saturated carbocycles. The molecule has 1 fully saturated rings. The van der Waals surface area contributed by atoms with Crippen molar-refractivity contribution in [2.45, 2.75) is 13.0 Å². The number of carbonyl (C=O) groups excluding carboxylic acids is 1. The number of carbonyl (C=O) groups is 1. The summed E-state index contributed by atoms with van der Waals surface area (Å²) in [5.41, 5.74) is 2.34. The van der Waals surface area contributed by atoms with Crippen LogP contribution < -0.4 is 10.2 Å². The molecule has 0 unspecified atom stereocenters. The summed E-state index contributed by atoms with van der Waals surface area (Å²) in [6, 6.07) is 18.2. The number of halogens is 1. The Morgan fingerprint density at radius 3 is 2.57 bits per heavy atom. The maximum Gasteiger partial charge on any atom is 0.251 e. The van der Waals surface area contributed by atoms with Gasteiger partial charge >= 0.3 is 0 Å². The van der Waals surface area contributed by atoms with Gasteiger partial charge in [-0.25, -0.2) is 4.39 Å². The van der Waals surface area contributed by atoms with Crippen LogP contribution >= 0.6 is 0 Å². The highest BCUT2D eigenvalue weighted by Crippen LogP contribution is 2.25. The van der Waals surface area contributed by atoms with Gasteiger partial charge in [0.1, 0.15) is 11.6 Å². The Morgan fingerprint density at radius 2 is 1.87 bits per heavy atom. The third-order valence-corrected chi connectivity index (χ3v) is 5.56. The quantitative estimate of drug-likeness (QED) is 0.671. The number of furan rings is 1. The molecule has 0 spiro atoms. The lowest BCUT2D eigenvalue weighted by Gasteiger charge is -2.39.